The van der Waals surface area contributed by atoms with Crippen molar-refractivity contribution < 1.29 is 14.3 Å². The highest BCUT2D eigenvalue weighted by molar-refractivity contribution is 5.94. The van der Waals surface area contributed by atoms with E-state index >= 15 is 0 Å². The highest BCUT2D eigenvalue weighted by Crippen LogP contribution is 2.18. The molecule has 1 aliphatic rings. The van der Waals surface area contributed by atoms with Crippen LogP contribution in [0.4, 0.5) is 5.69 Å². The summed E-state index contributed by atoms with van der Waals surface area (Å²) in [5.74, 6) is 0.120. The summed E-state index contributed by atoms with van der Waals surface area (Å²) in [6, 6.07) is 7.63. The molecule has 1 unspecified atom stereocenters. The molecule has 1 aliphatic heterocycles. The van der Waals surface area contributed by atoms with Crippen LogP contribution in [0.1, 0.15) is 24.2 Å². The van der Waals surface area contributed by atoms with Gasteiger partial charge in [-0.3, -0.25) is 9.59 Å². The Kier molecular flexibility index (Phi) is 4.96. The van der Waals surface area contributed by atoms with Crippen molar-refractivity contribution in [1.29, 1.82) is 0 Å². The number of amides is 1. The Labute approximate surface area is 125 Å². The van der Waals surface area contributed by atoms with Gasteiger partial charge in [0.15, 0.2) is 5.78 Å². The Balaban J connectivity index is 1.94. The molecule has 0 bridgehead atoms. The number of hydrogen-bond acceptors (Lipinski definition) is 4. The molecule has 0 radical (unpaired) electrons. The van der Waals surface area contributed by atoms with Gasteiger partial charge in [-0.05, 0) is 38.1 Å². The van der Waals surface area contributed by atoms with Gasteiger partial charge >= 0.3 is 0 Å². The average Bonchev–Trinajstić information content (AvgIpc) is 2.53. The fourth-order valence-corrected chi connectivity index (χ4v) is 2.45. The first-order chi connectivity index (χ1) is 10.0. The molecule has 114 valence electrons. The SMILES string of the molecule is COC(C)C(=O)N1CCN(c2ccc(C(C)=O)cc2)CC1. The third kappa shape index (κ3) is 3.61. The summed E-state index contributed by atoms with van der Waals surface area (Å²) in [7, 11) is 1.55. The predicted molar refractivity (Wildman–Crippen MR) is 81.7 cm³/mol. The number of Topliss-reactive ketones (excluding diaryl/α,β-unsaturated/α-hetero) is 1. The smallest absolute Gasteiger partial charge is 0.251 e. The zero-order valence-corrected chi connectivity index (χ0v) is 12.8. The van der Waals surface area contributed by atoms with Crippen LogP contribution in [-0.4, -0.2) is 56.0 Å². The number of rotatable bonds is 4. The molecule has 0 saturated carbocycles. The molecule has 5 heteroatoms. The van der Waals surface area contributed by atoms with E-state index in [0.717, 1.165) is 24.3 Å². The molecule has 1 atom stereocenters. The van der Waals surface area contributed by atoms with E-state index in [4.69, 9.17) is 4.74 Å². The number of carbonyl (C=O) groups excluding carboxylic acids is 2. The first-order valence-electron chi connectivity index (χ1n) is 7.20. The first kappa shape index (κ1) is 15.5. The molecular formula is C16H22N2O3. The van der Waals surface area contributed by atoms with Crippen molar-refractivity contribution >= 4 is 17.4 Å². The van der Waals surface area contributed by atoms with Crippen LogP contribution in [0.5, 0.6) is 0 Å². The lowest BCUT2D eigenvalue weighted by molar-refractivity contribution is -0.141. The highest BCUT2D eigenvalue weighted by atomic mass is 16.5. The average molecular weight is 290 g/mol. The van der Waals surface area contributed by atoms with E-state index in [9.17, 15) is 9.59 Å². The monoisotopic (exact) mass is 290 g/mol. The van der Waals surface area contributed by atoms with E-state index in [-0.39, 0.29) is 17.8 Å². The summed E-state index contributed by atoms with van der Waals surface area (Å²) in [6.07, 6.45) is -0.383. The third-order valence-electron chi connectivity index (χ3n) is 3.93. The van der Waals surface area contributed by atoms with Crippen LogP contribution >= 0.6 is 0 Å². The van der Waals surface area contributed by atoms with Gasteiger partial charge < -0.3 is 14.5 Å². The zero-order chi connectivity index (χ0) is 15.4. The maximum absolute atomic E-state index is 12.0. The van der Waals surface area contributed by atoms with Gasteiger partial charge in [-0.15, -0.1) is 0 Å². The molecule has 2 rings (SSSR count). The maximum atomic E-state index is 12.0. The fourth-order valence-electron chi connectivity index (χ4n) is 2.45. The quantitative estimate of drug-likeness (QED) is 0.790. The summed E-state index contributed by atoms with van der Waals surface area (Å²) in [5, 5.41) is 0. The van der Waals surface area contributed by atoms with Crippen LogP contribution in [0.15, 0.2) is 24.3 Å². The molecule has 0 aromatic heterocycles. The number of piperazine rings is 1. The van der Waals surface area contributed by atoms with Crippen LogP contribution in [0.2, 0.25) is 0 Å². The minimum absolute atomic E-state index is 0.0454. The lowest BCUT2D eigenvalue weighted by Gasteiger charge is -2.37. The third-order valence-corrected chi connectivity index (χ3v) is 3.93. The van der Waals surface area contributed by atoms with Crippen molar-refractivity contribution in [3.05, 3.63) is 29.8 Å². The molecule has 0 aliphatic carbocycles. The van der Waals surface area contributed by atoms with Gasteiger partial charge in [0.1, 0.15) is 6.10 Å². The number of methoxy groups -OCH3 is 1. The minimum Gasteiger partial charge on any atom is -0.372 e. The molecule has 1 amide bonds. The molecular weight excluding hydrogens is 268 g/mol. The van der Waals surface area contributed by atoms with E-state index in [1.54, 1.807) is 21.0 Å². The second-order valence-electron chi connectivity index (χ2n) is 5.29. The normalized spacial score (nSPS) is 16.7. The van der Waals surface area contributed by atoms with Gasteiger partial charge in [-0.2, -0.15) is 0 Å². The van der Waals surface area contributed by atoms with Crippen molar-refractivity contribution in [2.75, 3.05) is 38.2 Å². The highest BCUT2D eigenvalue weighted by Gasteiger charge is 2.24. The van der Waals surface area contributed by atoms with Gasteiger partial charge in [0.05, 0.1) is 0 Å². The van der Waals surface area contributed by atoms with E-state index in [2.05, 4.69) is 4.90 Å². The number of nitrogens with zero attached hydrogens (tertiary/aromatic N) is 2. The largest absolute Gasteiger partial charge is 0.372 e. The lowest BCUT2D eigenvalue weighted by atomic mass is 10.1. The molecule has 0 spiro atoms. The summed E-state index contributed by atoms with van der Waals surface area (Å²) in [6.45, 7) is 6.32. The predicted octanol–water partition coefficient (Wildman–Crippen LogP) is 1.57. The Morgan fingerprint density at radius 2 is 1.67 bits per heavy atom. The summed E-state index contributed by atoms with van der Waals surface area (Å²) >= 11 is 0. The molecule has 1 fully saturated rings. The number of benzene rings is 1. The van der Waals surface area contributed by atoms with Gasteiger partial charge in [0.25, 0.3) is 5.91 Å². The Hall–Kier alpha value is -1.88. The number of carbonyl (C=O) groups is 2. The summed E-state index contributed by atoms with van der Waals surface area (Å²) in [5.41, 5.74) is 1.81. The molecule has 1 aromatic rings. The van der Waals surface area contributed by atoms with E-state index in [0.29, 0.717) is 13.1 Å². The van der Waals surface area contributed by atoms with Crippen LogP contribution in [-0.2, 0) is 9.53 Å². The number of anilines is 1. The van der Waals surface area contributed by atoms with Crippen LogP contribution < -0.4 is 4.90 Å². The molecule has 0 N–H and O–H groups in total. The number of ether oxygens (including phenoxy) is 1. The van der Waals surface area contributed by atoms with E-state index in [1.807, 2.05) is 29.2 Å². The standard InChI is InChI=1S/C16H22N2O3/c1-12(19)14-4-6-15(7-5-14)17-8-10-18(11-9-17)16(20)13(2)21-3/h4-7,13H,8-11H2,1-3H3. The van der Waals surface area contributed by atoms with Crippen molar-refractivity contribution in [3.63, 3.8) is 0 Å². The van der Waals surface area contributed by atoms with Crippen molar-refractivity contribution in [2.45, 2.75) is 20.0 Å². The van der Waals surface area contributed by atoms with Gasteiger partial charge in [0.2, 0.25) is 0 Å². The second-order valence-corrected chi connectivity index (χ2v) is 5.29. The van der Waals surface area contributed by atoms with Crippen LogP contribution in [0.3, 0.4) is 0 Å². The van der Waals surface area contributed by atoms with Crippen molar-refractivity contribution in [2.24, 2.45) is 0 Å². The Bertz CT molecular complexity index is 505. The summed E-state index contributed by atoms with van der Waals surface area (Å²) < 4.78 is 5.08. The second kappa shape index (κ2) is 6.72. The Morgan fingerprint density at radius 1 is 1.10 bits per heavy atom. The molecule has 1 heterocycles. The van der Waals surface area contributed by atoms with Gasteiger partial charge in [-0.25, -0.2) is 0 Å². The van der Waals surface area contributed by atoms with Crippen molar-refractivity contribution in [3.8, 4) is 0 Å². The molecule has 1 aromatic carbocycles. The van der Waals surface area contributed by atoms with Crippen LogP contribution in [0.25, 0.3) is 0 Å². The van der Waals surface area contributed by atoms with E-state index < -0.39 is 0 Å². The Morgan fingerprint density at radius 3 is 2.14 bits per heavy atom. The zero-order valence-electron chi connectivity index (χ0n) is 12.8. The topological polar surface area (TPSA) is 49.9 Å². The lowest BCUT2D eigenvalue weighted by Crippen LogP contribution is -2.51. The molecule has 1 saturated heterocycles. The van der Waals surface area contributed by atoms with Gasteiger partial charge in [0, 0.05) is 44.5 Å². The number of ketones is 1. The fraction of sp³-hybridized carbons (Fsp3) is 0.500. The van der Waals surface area contributed by atoms with Crippen molar-refractivity contribution in [1.82, 2.24) is 4.90 Å². The minimum atomic E-state index is -0.383. The first-order valence-corrected chi connectivity index (χ1v) is 7.20. The summed E-state index contributed by atoms with van der Waals surface area (Å²) in [4.78, 5) is 27.4. The maximum Gasteiger partial charge on any atom is 0.251 e. The molecule has 21 heavy (non-hydrogen) atoms. The van der Waals surface area contributed by atoms with Crippen LogP contribution in [0, 0.1) is 0 Å². The van der Waals surface area contributed by atoms with E-state index in [1.165, 1.54) is 0 Å². The molecule has 5 nitrogen and oxygen atoms in total. The number of hydrogen-bond donors (Lipinski definition) is 0. The van der Waals surface area contributed by atoms with Gasteiger partial charge in [-0.1, -0.05) is 0 Å².